The summed E-state index contributed by atoms with van der Waals surface area (Å²) in [5.74, 6) is -2.79. The van der Waals surface area contributed by atoms with Gasteiger partial charge in [0.2, 0.25) is 17.7 Å². The second kappa shape index (κ2) is 10.0. The van der Waals surface area contributed by atoms with Crippen LogP contribution in [0.5, 0.6) is 0 Å². The number of aromatic nitrogens is 2. The summed E-state index contributed by atoms with van der Waals surface area (Å²) >= 11 is 0. The summed E-state index contributed by atoms with van der Waals surface area (Å²) in [7, 11) is 0. The molecule has 1 saturated heterocycles. The molecule has 0 saturated carbocycles. The predicted molar refractivity (Wildman–Crippen MR) is 102 cm³/mol. The number of nitrogens with one attached hydrogen (secondary N) is 3. The average molecular weight is 408 g/mol. The van der Waals surface area contributed by atoms with Gasteiger partial charge in [0, 0.05) is 24.9 Å². The molecule has 0 aliphatic carbocycles. The molecule has 1 aromatic rings. The van der Waals surface area contributed by atoms with Gasteiger partial charge in [-0.3, -0.25) is 14.4 Å². The zero-order valence-electron chi connectivity index (χ0n) is 16.6. The van der Waals surface area contributed by atoms with Crippen molar-refractivity contribution in [3.63, 3.8) is 0 Å². The predicted octanol–water partition coefficient (Wildman–Crippen LogP) is -1.39. The molecule has 11 nitrogen and oxygen atoms in total. The zero-order chi connectivity index (χ0) is 21.6. The SMILES string of the molecule is CC(C)C(NC(=O)CNC(=O)C(N)Cc1cnc[nH]1)C(=O)N1CCCC1C(=O)O. The number of nitrogens with two attached hydrogens (primary N) is 1. The largest absolute Gasteiger partial charge is 0.480 e. The van der Waals surface area contributed by atoms with Crippen LogP contribution < -0.4 is 16.4 Å². The first-order valence-corrected chi connectivity index (χ1v) is 9.54. The summed E-state index contributed by atoms with van der Waals surface area (Å²) in [6.45, 7) is 3.52. The van der Waals surface area contributed by atoms with Gasteiger partial charge in [-0.05, 0) is 18.8 Å². The molecule has 0 radical (unpaired) electrons. The minimum atomic E-state index is -1.05. The average Bonchev–Trinajstić information content (AvgIpc) is 3.34. The number of hydrogen-bond acceptors (Lipinski definition) is 6. The number of aromatic amines is 1. The Kier molecular flexibility index (Phi) is 7.71. The number of carbonyl (C=O) groups excluding carboxylic acids is 3. The van der Waals surface area contributed by atoms with Crippen molar-refractivity contribution in [1.82, 2.24) is 25.5 Å². The molecular formula is C18H28N6O5. The Morgan fingerprint density at radius 1 is 1.38 bits per heavy atom. The fraction of sp³-hybridized carbons (Fsp3) is 0.611. The summed E-state index contributed by atoms with van der Waals surface area (Å²) in [4.78, 5) is 56.4. The van der Waals surface area contributed by atoms with Gasteiger partial charge >= 0.3 is 5.97 Å². The lowest BCUT2D eigenvalue weighted by atomic mass is 10.0. The number of aliphatic carboxylic acids is 1. The molecule has 1 fully saturated rings. The second-order valence-corrected chi connectivity index (χ2v) is 7.42. The van der Waals surface area contributed by atoms with Crippen LogP contribution in [0.25, 0.3) is 0 Å². The first-order valence-electron chi connectivity index (χ1n) is 9.54. The summed E-state index contributed by atoms with van der Waals surface area (Å²) in [6, 6.07) is -2.61. The Hall–Kier alpha value is -2.95. The first kappa shape index (κ1) is 22.3. The van der Waals surface area contributed by atoms with Crippen LogP contribution >= 0.6 is 0 Å². The van der Waals surface area contributed by atoms with Gasteiger partial charge in [-0.1, -0.05) is 13.8 Å². The third kappa shape index (κ3) is 6.01. The molecular weight excluding hydrogens is 380 g/mol. The molecule has 3 amide bonds. The van der Waals surface area contributed by atoms with Gasteiger partial charge in [-0.15, -0.1) is 0 Å². The number of carboxylic acid groups (broad SMARTS) is 1. The molecule has 11 heteroatoms. The maximum atomic E-state index is 12.8. The van der Waals surface area contributed by atoms with E-state index in [4.69, 9.17) is 5.73 Å². The molecule has 6 N–H and O–H groups in total. The van der Waals surface area contributed by atoms with Crippen LogP contribution in [-0.2, 0) is 25.6 Å². The van der Waals surface area contributed by atoms with Crippen molar-refractivity contribution in [1.29, 1.82) is 0 Å². The normalized spacial score (nSPS) is 18.3. The van der Waals surface area contributed by atoms with Crippen molar-refractivity contribution in [2.75, 3.05) is 13.1 Å². The lowest BCUT2D eigenvalue weighted by molar-refractivity contribution is -0.150. The monoisotopic (exact) mass is 408 g/mol. The molecule has 1 aliphatic heterocycles. The summed E-state index contributed by atoms with van der Waals surface area (Å²) in [5, 5.41) is 14.3. The molecule has 0 spiro atoms. The number of rotatable bonds is 9. The standard InChI is InChI=1S/C18H28N6O5/c1-10(2)15(17(27)24-5-3-4-13(24)18(28)29)23-14(25)8-21-16(26)12(19)6-11-7-20-9-22-11/h7,9-10,12-13,15H,3-6,8,19H2,1-2H3,(H,20,22)(H,21,26)(H,23,25)(H,28,29). The highest BCUT2D eigenvalue weighted by atomic mass is 16.4. The van der Waals surface area contributed by atoms with Crippen molar-refractivity contribution in [3.05, 3.63) is 18.2 Å². The van der Waals surface area contributed by atoms with Gasteiger partial charge in [0.05, 0.1) is 18.9 Å². The molecule has 1 aliphatic rings. The molecule has 3 atom stereocenters. The van der Waals surface area contributed by atoms with E-state index in [1.807, 2.05) is 0 Å². The van der Waals surface area contributed by atoms with E-state index in [1.165, 1.54) is 11.2 Å². The summed E-state index contributed by atoms with van der Waals surface area (Å²) < 4.78 is 0. The lowest BCUT2D eigenvalue weighted by Gasteiger charge is -2.29. The smallest absolute Gasteiger partial charge is 0.326 e. The fourth-order valence-corrected chi connectivity index (χ4v) is 3.23. The van der Waals surface area contributed by atoms with E-state index < -0.39 is 41.8 Å². The molecule has 29 heavy (non-hydrogen) atoms. The van der Waals surface area contributed by atoms with Crippen molar-refractivity contribution >= 4 is 23.7 Å². The van der Waals surface area contributed by atoms with Crippen LogP contribution in [0.2, 0.25) is 0 Å². The number of amides is 3. The maximum Gasteiger partial charge on any atom is 0.326 e. The van der Waals surface area contributed by atoms with Crippen molar-refractivity contribution in [2.24, 2.45) is 11.7 Å². The lowest BCUT2D eigenvalue weighted by Crippen LogP contribution is -2.55. The molecule has 160 valence electrons. The quantitative estimate of drug-likeness (QED) is 0.335. The van der Waals surface area contributed by atoms with E-state index in [2.05, 4.69) is 20.6 Å². The van der Waals surface area contributed by atoms with Crippen LogP contribution in [-0.4, -0.2) is 74.9 Å². The number of carbonyl (C=O) groups is 4. The van der Waals surface area contributed by atoms with Crippen molar-refractivity contribution < 1.29 is 24.3 Å². The van der Waals surface area contributed by atoms with Crippen molar-refractivity contribution in [2.45, 2.75) is 51.2 Å². The van der Waals surface area contributed by atoms with Crippen LogP contribution in [0, 0.1) is 5.92 Å². The molecule has 0 aromatic carbocycles. The van der Waals surface area contributed by atoms with Gasteiger partial charge in [0.15, 0.2) is 0 Å². The van der Waals surface area contributed by atoms with Crippen LogP contribution in [0.15, 0.2) is 12.5 Å². The highest BCUT2D eigenvalue weighted by molar-refractivity contribution is 5.93. The van der Waals surface area contributed by atoms with Gasteiger partial charge in [-0.25, -0.2) is 9.78 Å². The Balaban J connectivity index is 1.88. The number of nitrogens with zero attached hydrogens (tertiary/aromatic N) is 2. The summed E-state index contributed by atoms with van der Waals surface area (Å²) in [5.41, 5.74) is 6.51. The van der Waals surface area contributed by atoms with Crippen LogP contribution in [0.3, 0.4) is 0 Å². The van der Waals surface area contributed by atoms with Gasteiger partial charge < -0.3 is 31.4 Å². The number of hydrogen-bond donors (Lipinski definition) is 5. The van der Waals surface area contributed by atoms with E-state index in [0.29, 0.717) is 25.1 Å². The van der Waals surface area contributed by atoms with E-state index in [-0.39, 0.29) is 18.9 Å². The third-order valence-corrected chi connectivity index (χ3v) is 4.82. The van der Waals surface area contributed by atoms with Crippen molar-refractivity contribution in [3.8, 4) is 0 Å². The van der Waals surface area contributed by atoms with Crippen LogP contribution in [0.1, 0.15) is 32.4 Å². The highest BCUT2D eigenvalue weighted by Gasteiger charge is 2.38. The van der Waals surface area contributed by atoms with Gasteiger partial charge in [-0.2, -0.15) is 0 Å². The Labute approximate surface area is 168 Å². The third-order valence-electron chi connectivity index (χ3n) is 4.82. The van der Waals surface area contributed by atoms with E-state index in [0.717, 1.165) is 0 Å². The summed E-state index contributed by atoms with van der Waals surface area (Å²) in [6.07, 6.45) is 4.27. The molecule has 2 rings (SSSR count). The number of likely N-dealkylation sites (tertiary alicyclic amines) is 1. The molecule has 3 unspecified atom stereocenters. The fourth-order valence-electron chi connectivity index (χ4n) is 3.23. The van der Waals surface area contributed by atoms with Crippen LogP contribution in [0.4, 0.5) is 0 Å². The first-order chi connectivity index (χ1) is 13.7. The van der Waals surface area contributed by atoms with Gasteiger partial charge in [0.1, 0.15) is 12.1 Å². The number of carboxylic acids is 1. The highest BCUT2D eigenvalue weighted by Crippen LogP contribution is 2.20. The van der Waals surface area contributed by atoms with E-state index in [1.54, 1.807) is 20.0 Å². The molecule has 0 bridgehead atoms. The molecule has 1 aromatic heterocycles. The Morgan fingerprint density at radius 3 is 2.69 bits per heavy atom. The minimum Gasteiger partial charge on any atom is -0.480 e. The van der Waals surface area contributed by atoms with E-state index in [9.17, 15) is 24.3 Å². The topological polar surface area (TPSA) is 171 Å². The Morgan fingerprint density at radius 2 is 2.10 bits per heavy atom. The zero-order valence-corrected chi connectivity index (χ0v) is 16.6. The minimum absolute atomic E-state index is 0.242. The maximum absolute atomic E-state index is 12.8. The second-order valence-electron chi connectivity index (χ2n) is 7.42. The number of imidazole rings is 1. The molecule has 2 heterocycles. The van der Waals surface area contributed by atoms with Gasteiger partial charge in [0.25, 0.3) is 0 Å². The Bertz CT molecular complexity index is 735. The number of H-pyrrole nitrogens is 1. The van der Waals surface area contributed by atoms with E-state index >= 15 is 0 Å².